The second-order valence-corrected chi connectivity index (χ2v) is 19.1. The number of hydrogen-bond acceptors (Lipinski definition) is 11. The number of rotatable bonds is 43. The predicted molar refractivity (Wildman–Crippen MR) is 258 cm³/mol. The first-order chi connectivity index (χ1) is 31.0. The zero-order chi connectivity index (χ0) is 46.9. The number of phosphoric acid groups is 1. The zero-order valence-electron chi connectivity index (χ0n) is 40.1. The van der Waals surface area contributed by atoms with Crippen LogP contribution < -0.4 is 0 Å². The van der Waals surface area contributed by atoms with Crippen LogP contribution in [-0.4, -0.2) is 98.9 Å². The molecule has 6 N–H and O–H groups in total. The highest BCUT2D eigenvalue weighted by Gasteiger charge is 2.51. The lowest BCUT2D eigenvalue weighted by Crippen LogP contribution is -2.64. The van der Waals surface area contributed by atoms with Crippen LogP contribution in [0.15, 0.2) is 48.6 Å². The molecule has 0 aromatic rings. The number of phosphoric ester groups is 1. The van der Waals surface area contributed by atoms with Crippen LogP contribution in [0.25, 0.3) is 0 Å². The minimum Gasteiger partial charge on any atom is -0.457 e. The molecule has 1 saturated carbocycles. The van der Waals surface area contributed by atoms with E-state index in [9.17, 15) is 39.8 Å². The normalized spacial score (nSPS) is 22.1. The lowest BCUT2D eigenvalue weighted by molar-refractivity contribution is -0.220. The number of aliphatic hydroxyl groups is 5. The fraction of sp³-hybridized carbons (Fsp3) is 0.824. The van der Waals surface area contributed by atoms with E-state index in [0.717, 1.165) is 83.5 Å². The Bertz CT molecular complexity index is 1240. The van der Waals surface area contributed by atoms with Gasteiger partial charge in [-0.3, -0.25) is 13.8 Å². The summed E-state index contributed by atoms with van der Waals surface area (Å²) in [6.45, 7) is 4.22. The van der Waals surface area contributed by atoms with Crippen LogP contribution in [0.4, 0.5) is 0 Å². The fourth-order valence-corrected chi connectivity index (χ4v) is 8.57. The van der Waals surface area contributed by atoms with Gasteiger partial charge in [-0.15, -0.1) is 0 Å². The van der Waals surface area contributed by atoms with Crippen LogP contribution in [0.2, 0.25) is 0 Å². The van der Waals surface area contributed by atoms with Crippen molar-refractivity contribution in [3.8, 4) is 0 Å². The van der Waals surface area contributed by atoms with Gasteiger partial charge in [0.15, 0.2) is 0 Å². The quantitative estimate of drug-likeness (QED) is 0.0147. The van der Waals surface area contributed by atoms with Crippen molar-refractivity contribution in [3.05, 3.63) is 48.6 Å². The molecule has 0 aliphatic heterocycles. The van der Waals surface area contributed by atoms with E-state index < -0.39 is 63.1 Å². The van der Waals surface area contributed by atoms with Gasteiger partial charge in [-0.1, -0.05) is 172 Å². The van der Waals surface area contributed by atoms with Crippen LogP contribution in [0.3, 0.4) is 0 Å². The maximum absolute atomic E-state index is 12.8. The van der Waals surface area contributed by atoms with Crippen LogP contribution >= 0.6 is 7.82 Å². The minimum atomic E-state index is -5.02. The van der Waals surface area contributed by atoms with Crippen LogP contribution in [0.1, 0.15) is 206 Å². The van der Waals surface area contributed by atoms with E-state index in [1.54, 1.807) is 0 Å². The summed E-state index contributed by atoms with van der Waals surface area (Å²) in [4.78, 5) is 23.2. The van der Waals surface area contributed by atoms with Gasteiger partial charge in [0.2, 0.25) is 0 Å². The highest BCUT2D eigenvalue weighted by molar-refractivity contribution is 7.47. The standard InChI is InChI=1S/C51H93O12P/c1-3-5-7-9-11-13-15-17-18-19-20-21-22-23-24-25-26-27-29-31-33-35-37-39-41-60-42-44(43-61-64(58,59)63-51-49(56)47(54)46(53)48(55)50(51)57)62-45(52)40-38-36-34-32-30-28-16-14-12-10-8-6-4-2/h14-17,19-20,22-23,44,46-51,53-57H,3-13,18,21,24-43H2,1-2H3,(H,58,59)/b16-14-,17-15-,20-19-,23-22-. The van der Waals surface area contributed by atoms with Crippen molar-refractivity contribution >= 4 is 13.8 Å². The van der Waals surface area contributed by atoms with Crippen molar-refractivity contribution in [3.63, 3.8) is 0 Å². The number of carbonyl (C=O) groups excluding carboxylic acids is 1. The zero-order valence-corrected chi connectivity index (χ0v) is 41.0. The van der Waals surface area contributed by atoms with E-state index >= 15 is 0 Å². The maximum atomic E-state index is 12.8. The van der Waals surface area contributed by atoms with E-state index in [2.05, 4.69) is 62.5 Å². The molecule has 0 radical (unpaired) electrons. The van der Waals surface area contributed by atoms with Crippen LogP contribution in [0.5, 0.6) is 0 Å². The molecule has 0 bridgehead atoms. The van der Waals surface area contributed by atoms with Crippen LogP contribution in [0, 0.1) is 0 Å². The van der Waals surface area contributed by atoms with Gasteiger partial charge in [-0.25, -0.2) is 4.57 Å². The third kappa shape index (κ3) is 32.9. The van der Waals surface area contributed by atoms with Crippen molar-refractivity contribution in [2.24, 2.45) is 0 Å². The molecular formula is C51H93O12P. The van der Waals surface area contributed by atoms with Crippen molar-refractivity contribution < 1.29 is 58.3 Å². The van der Waals surface area contributed by atoms with Gasteiger partial charge < -0.3 is 39.9 Å². The largest absolute Gasteiger partial charge is 0.472 e. The molecule has 0 heterocycles. The first-order valence-electron chi connectivity index (χ1n) is 25.5. The first-order valence-corrected chi connectivity index (χ1v) is 27.0. The number of unbranched alkanes of at least 4 members (excludes halogenated alkanes) is 23. The second-order valence-electron chi connectivity index (χ2n) is 17.7. The average Bonchev–Trinajstić information content (AvgIpc) is 3.28. The highest BCUT2D eigenvalue weighted by Crippen LogP contribution is 2.47. The molecule has 6 unspecified atom stereocenters. The number of ether oxygens (including phenoxy) is 2. The van der Waals surface area contributed by atoms with E-state index in [-0.39, 0.29) is 13.0 Å². The van der Waals surface area contributed by atoms with E-state index in [1.165, 1.54) is 96.3 Å². The van der Waals surface area contributed by atoms with Gasteiger partial charge in [0.1, 0.15) is 42.7 Å². The summed E-state index contributed by atoms with van der Waals surface area (Å²) in [5.74, 6) is -0.489. The number of aliphatic hydroxyl groups excluding tert-OH is 5. The number of esters is 1. The van der Waals surface area contributed by atoms with Gasteiger partial charge in [0.25, 0.3) is 0 Å². The Labute approximate surface area is 388 Å². The predicted octanol–water partition coefficient (Wildman–Crippen LogP) is 11.2. The molecule has 12 nitrogen and oxygen atoms in total. The molecule has 374 valence electrons. The average molecular weight is 929 g/mol. The van der Waals surface area contributed by atoms with Crippen molar-refractivity contribution in [1.29, 1.82) is 0 Å². The molecule has 0 amide bonds. The molecule has 1 fully saturated rings. The number of hydrogen-bond donors (Lipinski definition) is 6. The monoisotopic (exact) mass is 929 g/mol. The Balaban J connectivity index is 2.32. The Morgan fingerprint density at radius 2 is 0.875 bits per heavy atom. The molecule has 13 heteroatoms. The van der Waals surface area contributed by atoms with Gasteiger partial charge in [0, 0.05) is 13.0 Å². The Hall–Kier alpha value is -1.70. The summed E-state index contributed by atoms with van der Waals surface area (Å²) in [7, 11) is -5.02. The molecule has 0 spiro atoms. The molecule has 0 aromatic heterocycles. The topological polar surface area (TPSA) is 192 Å². The van der Waals surface area contributed by atoms with E-state index in [1.807, 2.05) is 0 Å². The van der Waals surface area contributed by atoms with Gasteiger partial charge in [-0.05, 0) is 77.0 Å². The molecule has 0 aromatic carbocycles. The summed E-state index contributed by atoms with van der Waals surface area (Å²) < 4.78 is 34.2. The van der Waals surface area contributed by atoms with Crippen molar-refractivity contribution in [1.82, 2.24) is 0 Å². The van der Waals surface area contributed by atoms with Gasteiger partial charge in [-0.2, -0.15) is 0 Å². The SMILES string of the molecule is CCCCCC/C=C\CCCCCCCC(=O)OC(COCCCCCCCCCCC/C=C\C/C=C\C/C=C\CCCCCCC)COP(=O)(O)OC1C(O)C(O)C(O)C(O)C1O. The summed E-state index contributed by atoms with van der Waals surface area (Å²) in [5, 5.41) is 50.2. The lowest BCUT2D eigenvalue weighted by Gasteiger charge is -2.41. The maximum Gasteiger partial charge on any atom is 0.472 e. The summed E-state index contributed by atoms with van der Waals surface area (Å²) >= 11 is 0. The number of carbonyl (C=O) groups is 1. The molecule has 1 aliphatic carbocycles. The third-order valence-electron chi connectivity index (χ3n) is 11.7. The Kier molecular flexibility index (Phi) is 39.1. The molecule has 0 saturated heterocycles. The van der Waals surface area contributed by atoms with Gasteiger partial charge >= 0.3 is 13.8 Å². The summed E-state index contributed by atoms with van der Waals surface area (Å²) in [6.07, 6.45) is 38.9. The van der Waals surface area contributed by atoms with Crippen molar-refractivity contribution in [2.75, 3.05) is 19.8 Å². The van der Waals surface area contributed by atoms with E-state index in [4.69, 9.17) is 18.5 Å². The Morgan fingerprint density at radius 3 is 1.36 bits per heavy atom. The fourth-order valence-electron chi connectivity index (χ4n) is 7.59. The second kappa shape index (κ2) is 41.5. The molecule has 1 rings (SSSR count). The number of allylic oxidation sites excluding steroid dienone is 8. The molecule has 1 aliphatic rings. The first kappa shape index (κ1) is 60.3. The van der Waals surface area contributed by atoms with Gasteiger partial charge in [0.05, 0.1) is 13.2 Å². The lowest BCUT2D eigenvalue weighted by atomic mass is 9.85. The summed E-state index contributed by atoms with van der Waals surface area (Å²) in [5.41, 5.74) is 0. The van der Waals surface area contributed by atoms with Crippen molar-refractivity contribution in [2.45, 2.75) is 249 Å². The molecule has 64 heavy (non-hydrogen) atoms. The molecular weight excluding hydrogens is 836 g/mol. The highest BCUT2D eigenvalue weighted by atomic mass is 31.2. The van der Waals surface area contributed by atoms with E-state index in [0.29, 0.717) is 13.0 Å². The molecule has 6 atom stereocenters. The van der Waals surface area contributed by atoms with Crippen LogP contribution in [-0.2, 0) is 27.9 Å². The summed E-state index contributed by atoms with van der Waals surface area (Å²) in [6, 6.07) is 0. The third-order valence-corrected chi connectivity index (χ3v) is 12.7. The minimum absolute atomic E-state index is 0.0843. The smallest absolute Gasteiger partial charge is 0.457 e. The Morgan fingerprint density at radius 1 is 0.500 bits per heavy atom.